The molecule has 132 valence electrons. The van der Waals surface area contributed by atoms with Gasteiger partial charge in [0, 0.05) is 11.1 Å². The van der Waals surface area contributed by atoms with Crippen molar-refractivity contribution in [3.8, 4) is 22.8 Å². The van der Waals surface area contributed by atoms with Crippen LogP contribution in [0.2, 0.25) is 0 Å². The smallest absolute Gasteiger partial charge is 0.289 e. The number of phenolic OH excluding ortho intramolecular Hbond substituents is 1. The number of aromatic nitrogens is 2. The number of hydrogen-bond acceptors (Lipinski definition) is 5. The maximum Gasteiger partial charge on any atom is 0.289 e. The van der Waals surface area contributed by atoms with Gasteiger partial charge in [0.25, 0.3) is 5.91 Å². The van der Waals surface area contributed by atoms with E-state index in [1.807, 2.05) is 24.3 Å². The summed E-state index contributed by atoms with van der Waals surface area (Å²) in [5.74, 6) is 0.426. The fraction of sp³-hybridized carbons (Fsp3) is 0.105. The van der Waals surface area contributed by atoms with Crippen LogP contribution in [0.1, 0.15) is 23.0 Å². The van der Waals surface area contributed by atoms with Gasteiger partial charge < -0.3 is 9.84 Å². The summed E-state index contributed by atoms with van der Waals surface area (Å²) < 4.78 is 5.12. The van der Waals surface area contributed by atoms with Crippen molar-refractivity contribution in [3.05, 3.63) is 65.9 Å². The summed E-state index contributed by atoms with van der Waals surface area (Å²) in [6.45, 7) is 1.70. The van der Waals surface area contributed by atoms with E-state index in [1.54, 1.807) is 44.4 Å². The molecule has 0 aliphatic heterocycles. The van der Waals surface area contributed by atoms with E-state index in [2.05, 4.69) is 20.7 Å². The number of carbonyl (C=O) groups is 1. The molecule has 1 amide bonds. The first-order chi connectivity index (χ1) is 12.6. The van der Waals surface area contributed by atoms with Crippen LogP contribution < -0.4 is 10.2 Å². The summed E-state index contributed by atoms with van der Waals surface area (Å²) in [5.41, 5.74) is 5.27. The monoisotopic (exact) mass is 350 g/mol. The topological polar surface area (TPSA) is 99.6 Å². The molecular weight excluding hydrogens is 332 g/mol. The number of phenols is 1. The molecule has 0 saturated heterocycles. The van der Waals surface area contributed by atoms with Gasteiger partial charge in [-0.3, -0.25) is 9.89 Å². The predicted molar refractivity (Wildman–Crippen MR) is 98.4 cm³/mol. The van der Waals surface area contributed by atoms with Gasteiger partial charge >= 0.3 is 0 Å². The average molecular weight is 350 g/mol. The van der Waals surface area contributed by atoms with E-state index in [-0.39, 0.29) is 11.4 Å². The second-order valence-electron chi connectivity index (χ2n) is 5.55. The molecule has 7 nitrogen and oxygen atoms in total. The van der Waals surface area contributed by atoms with Crippen LogP contribution in [0.3, 0.4) is 0 Å². The number of hydrogen-bond donors (Lipinski definition) is 3. The van der Waals surface area contributed by atoms with Crippen LogP contribution in [-0.4, -0.2) is 34.0 Å². The molecule has 0 aliphatic rings. The van der Waals surface area contributed by atoms with E-state index in [4.69, 9.17) is 4.74 Å². The lowest BCUT2D eigenvalue weighted by Gasteiger charge is -2.03. The summed E-state index contributed by atoms with van der Waals surface area (Å²) in [6, 6.07) is 15.8. The van der Waals surface area contributed by atoms with Gasteiger partial charge in [-0.15, -0.1) is 0 Å². The number of benzene rings is 2. The van der Waals surface area contributed by atoms with Gasteiger partial charge in [0.1, 0.15) is 17.2 Å². The Morgan fingerprint density at radius 3 is 2.62 bits per heavy atom. The van der Waals surface area contributed by atoms with Gasteiger partial charge in [-0.05, 0) is 49.4 Å². The largest absolute Gasteiger partial charge is 0.507 e. The van der Waals surface area contributed by atoms with Gasteiger partial charge in [0.05, 0.1) is 18.5 Å². The first-order valence-electron chi connectivity index (χ1n) is 7.91. The van der Waals surface area contributed by atoms with Crippen LogP contribution in [0.25, 0.3) is 11.3 Å². The maximum atomic E-state index is 12.2. The van der Waals surface area contributed by atoms with Gasteiger partial charge in [-0.1, -0.05) is 12.1 Å². The Kier molecular flexibility index (Phi) is 4.98. The number of carbonyl (C=O) groups excluding carboxylic acids is 1. The molecular formula is C19H18N4O3. The third-order valence-electron chi connectivity index (χ3n) is 3.83. The number of para-hydroxylation sites is 1. The number of ether oxygens (including phenoxy) is 1. The molecule has 0 radical (unpaired) electrons. The molecule has 3 rings (SSSR count). The first kappa shape index (κ1) is 17.2. The first-order valence-corrected chi connectivity index (χ1v) is 7.91. The average Bonchev–Trinajstić information content (AvgIpc) is 3.16. The van der Waals surface area contributed by atoms with E-state index in [0.717, 1.165) is 11.3 Å². The highest BCUT2D eigenvalue weighted by molar-refractivity contribution is 6.02. The van der Waals surface area contributed by atoms with E-state index in [9.17, 15) is 9.90 Å². The molecule has 2 aromatic carbocycles. The summed E-state index contributed by atoms with van der Waals surface area (Å²) in [5, 5.41) is 20.7. The maximum absolute atomic E-state index is 12.2. The number of hydrazone groups is 1. The lowest BCUT2D eigenvalue weighted by molar-refractivity contribution is 0.0950. The Morgan fingerprint density at radius 1 is 1.19 bits per heavy atom. The molecule has 1 aromatic heterocycles. The number of aromatic amines is 1. The number of nitrogens with one attached hydrogen (secondary N) is 2. The predicted octanol–water partition coefficient (Wildman–Crippen LogP) is 2.94. The van der Waals surface area contributed by atoms with E-state index in [0.29, 0.717) is 17.0 Å². The number of nitrogens with zero attached hydrogens (tertiary/aromatic N) is 2. The fourth-order valence-corrected chi connectivity index (χ4v) is 2.38. The minimum absolute atomic E-state index is 0.103. The zero-order valence-electron chi connectivity index (χ0n) is 14.4. The van der Waals surface area contributed by atoms with Crippen molar-refractivity contribution in [1.29, 1.82) is 0 Å². The second kappa shape index (κ2) is 7.52. The Bertz CT molecular complexity index is 945. The Hall–Kier alpha value is -3.61. The molecule has 0 fully saturated rings. The van der Waals surface area contributed by atoms with Gasteiger partial charge in [0.2, 0.25) is 0 Å². The molecule has 0 aliphatic carbocycles. The van der Waals surface area contributed by atoms with Gasteiger partial charge in [-0.2, -0.15) is 10.2 Å². The summed E-state index contributed by atoms with van der Waals surface area (Å²) >= 11 is 0. The van der Waals surface area contributed by atoms with Crippen molar-refractivity contribution in [3.63, 3.8) is 0 Å². The van der Waals surface area contributed by atoms with Crippen molar-refractivity contribution in [2.75, 3.05) is 7.11 Å². The van der Waals surface area contributed by atoms with Crippen molar-refractivity contribution >= 4 is 11.6 Å². The highest BCUT2D eigenvalue weighted by atomic mass is 16.5. The van der Waals surface area contributed by atoms with Crippen LogP contribution in [0, 0.1) is 0 Å². The molecule has 26 heavy (non-hydrogen) atoms. The molecule has 0 unspecified atom stereocenters. The number of methoxy groups -OCH3 is 1. The van der Waals surface area contributed by atoms with E-state index >= 15 is 0 Å². The second-order valence-corrected chi connectivity index (χ2v) is 5.55. The Labute approximate surface area is 150 Å². The van der Waals surface area contributed by atoms with E-state index < -0.39 is 5.91 Å². The minimum atomic E-state index is -0.424. The SMILES string of the molecule is COc1ccc(-c2cc(C(=O)N/N=C(/C)c3ccccc3O)[nH]n2)cc1. The lowest BCUT2D eigenvalue weighted by atomic mass is 10.1. The van der Waals surface area contributed by atoms with Gasteiger partial charge in [0.15, 0.2) is 0 Å². The number of rotatable bonds is 5. The van der Waals surface area contributed by atoms with Crippen LogP contribution >= 0.6 is 0 Å². The van der Waals surface area contributed by atoms with Crippen LogP contribution in [0.4, 0.5) is 0 Å². The number of aromatic hydroxyl groups is 1. The van der Waals surface area contributed by atoms with Crippen LogP contribution in [-0.2, 0) is 0 Å². The Balaban J connectivity index is 1.72. The number of H-pyrrole nitrogens is 1. The quantitative estimate of drug-likeness (QED) is 0.486. The molecule has 0 atom stereocenters. The van der Waals surface area contributed by atoms with Crippen molar-refractivity contribution in [2.45, 2.75) is 6.92 Å². The molecule has 0 spiro atoms. The van der Waals surface area contributed by atoms with Crippen LogP contribution in [0.5, 0.6) is 11.5 Å². The molecule has 3 aromatic rings. The van der Waals surface area contributed by atoms with E-state index in [1.165, 1.54) is 0 Å². The zero-order valence-corrected chi connectivity index (χ0v) is 14.4. The summed E-state index contributed by atoms with van der Waals surface area (Å²) in [6.07, 6.45) is 0. The fourth-order valence-electron chi connectivity index (χ4n) is 2.38. The molecule has 0 bridgehead atoms. The standard InChI is InChI=1S/C19H18N4O3/c1-12(15-5-3-4-6-18(15)24)20-23-19(25)17-11-16(21-22-17)13-7-9-14(26-2)10-8-13/h3-11,24H,1-2H3,(H,21,22)(H,23,25)/b20-12-. The van der Waals surface area contributed by atoms with Gasteiger partial charge in [-0.25, -0.2) is 5.43 Å². The summed E-state index contributed by atoms with van der Waals surface area (Å²) in [7, 11) is 1.60. The highest BCUT2D eigenvalue weighted by Crippen LogP contribution is 2.21. The zero-order chi connectivity index (χ0) is 18.5. The lowest BCUT2D eigenvalue weighted by Crippen LogP contribution is -2.19. The van der Waals surface area contributed by atoms with Crippen molar-refractivity contribution < 1.29 is 14.6 Å². The third kappa shape index (κ3) is 3.72. The normalized spacial score (nSPS) is 11.2. The minimum Gasteiger partial charge on any atom is -0.507 e. The highest BCUT2D eigenvalue weighted by Gasteiger charge is 2.11. The van der Waals surface area contributed by atoms with Crippen molar-refractivity contribution in [2.24, 2.45) is 5.10 Å². The molecule has 7 heteroatoms. The molecule has 0 saturated carbocycles. The molecule has 3 N–H and O–H groups in total. The molecule has 1 heterocycles. The Morgan fingerprint density at radius 2 is 1.92 bits per heavy atom. The summed E-state index contributed by atoms with van der Waals surface area (Å²) in [4.78, 5) is 12.2. The van der Waals surface area contributed by atoms with Crippen LogP contribution in [0.15, 0.2) is 59.7 Å². The third-order valence-corrected chi connectivity index (χ3v) is 3.83. The number of amides is 1. The van der Waals surface area contributed by atoms with Crippen molar-refractivity contribution in [1.82, 2.24) is 15.6 Å².